The van der Waals surface area contributed by atoms with E-state index in [0.29, 0.717) is 12.0 Å². The summed E-state index contributed by atoms with van der Waals surface area (Å²) in [6, 6.07) is 11.4. The van der Waals surface area contributed by atoms with Crippen LogP contribution in [0.3, 0.4) is 0 Å². The van der Waals surface area contributed by atoms with Gasteiger partial charge < -0.3 is 10.6 Å². The van der Waals surface area contributed by atoms with Gasteiger partial charge in [-0.15, -0.1) is 24.0 Å². The molecule has 3 rings (SSSR count). The van der Waals surface area contributed by atoms with Crippen LogP contribution in [0.15, 0.2) is 35.3 Å². The van der Waals surface area contributed by atoms with Crippen molar-refractivity contribution in [3.8, 4) is 0 Å². The Bertz CT molecular complexity index is 509. The molecular weight excluding hydrogens is 413 g/mol. The summed E-state index contributed by atoms with van der Waals surface area (Å²) in [7, 11) is 2.05. The van der Waals surface area contributed by atoms with Crippen molar-refractivity contribution in [2.45, 2.75) is 25.4 Å². The lowest BCUT2D eigenvalue weighted by atomic mass is 10.2. The Balaban J connectivity index is 0.00000208. The summed E-state index contributed by atoms with van der Waals surface area (Å²) in [5.74, 6) is 0.704. The van der Waals surface area contributed by atoms with Gasteiger partial charge in [0.1, 0.15) is 0 Å². The molecule has 1 saturated carbocycles. The lowest BCUT2D eigenvalue weighted by Crippen LogP contribution is -2.46. The lowest BCUT2D eigenvalue weighted by Gasteiger charge is -2.34. The molecule has 5 nitrogen and oxygen atoms in total. The average molecular weight is 443 g/mol. The van der Waals surface area contributed by atoms with Crippen molar-refractivity contribution in [3.63, 3.8) is 0 Å². The molecule has 0 amide bonds. The van der Waals surface area contributed by atoms with Gasteiger partial charge in [0.2, 0.25) is 0 Å². The van der Waals surface area contributed by atoms with Crippen molar-refractivity contribution in [1.82, 2.24) is 14.7 Å². The first-order valence-corrected chi connectivity index (χ1v) is 8.74. The van der Waals surface area contributed by atoms with E-state index in [4.69, 9.17) is 5.73 Å². The molecule has 0 aromatic heterocycles. The molecule has 2 aliphatic rings. The topological polar surface area (TPSA) is 48.1 Å². The van der Waals surface area contributed by atoms with Crippen LogP contribution in [-0.2, 0) is 6.54 Å². The Labute approximate surface area is 162 Å². The predicted octanol–water partition coefficient (Wildman–Crippen LogP) is 1.83. The van der Waals surface area contributed by atoms with E-state index in [0.717, 1.165) is 45.8 Å². The SMILES string of the molecule is CN(C(N)=NCCN1CCN(Cc2ccccc2)CC1)C1CC1.I. The number of nitrogens with two attached hydrogens (primary N) is 1. The molecule has 0 atom stereocenters. The molecule has 0 radical (unpaired) electrons. The summed E-state index contributed by atoms with van der Waals surface area (Å²) in [5, 5.41) is 0. The van der Waals surface area contributed by atoms with E-state index in [9.17, 15) is 0 Å². The van der Waals surface area contributed by atoms with E-state index >= 15 is 0 Å². The van der Waals surface area contributed by atoms with Crippen molar-refractivity contribution < 1.29 is 0 Å². The van der Waals surface area contributed by atoms with Crippen LogP contribution in [0.1, 0.15) is 18.4 Å². The molecular formula is C18H30IN5. The molecule has 0 bridgehead atoms. The van der Waals surface area contributed by atoms with Gasteiger partial charge in [-0.1, -0.05) is 30.3 Å². The molecule has 1 saturated heterocycles. The fraction of sp³-hybridized carbons (Fsp3) is 0.611. The zero-order chi connectivity index (χ0) is 16.1. The second-order valence-electron chi connectivity index (χ2n) is 6.69. The van der Waals surface area contributed by atoms with Crippen molar-refractivity contribution in [1.29, 1.82) is 0 Å². The third-order valence-corrected chi connectivity index (χ3v) is 4.86. The first-order valence-electron chi connectivity index (χ1n) is 8.74. The summed E-state index contributed by atoms with van der Waals surface area (Å²) in [6.45, 7) is 7.40. The monoisotopic (exact) mass is 443 g/mol. The summed E-state index contributed by atoms with van der Waals surface area (Å²) >= 11 is 0. The Hall–Kier alpha value is -0.860. The third kappa shape index (κ3) is 5.89. The van der Waals surface area contributed by atoms with Gasteiger partial charge in [-0.2, -0.15) is 0 Å². The molecule has 0 spiro atoms. The van der Waals surface area contributed by atoms with Gasteiger partial charge in [0.05, 0.1) is 6.54 Å². The standard InChI is InChI=1S/C18H29N5.HI/c1-21(17-7-8-17)18(19)20-9-10-22-11-13-23(14-12-22)15-16-5-3-2-4-6-16;/h2-6,17H,7-15H2,1H3,(H2,19,20);1H. The first-order chi connectivity index (χ1) is 11.2. The zero-order valence-corrected chi connectivity index (χ0v) is 16.9. The van der Waals surface area contributed by atoms with Crippen LogP contribution >= 0.6 is 24.0 Å². The molecule has 1 aromatic carbocycles. The Morgan fingerprint density at radius 2 is 1.75 bits per heavy atom. The average Bonchev–Trinajstić information content (AvgIpc) is 3.41. The number of aliphatic imine (C=N–C) groups is 1. The van der Waals surface area contributed by atoms with Crippen LogP contribution in [0, 0.1) is 0 Å². The van der Waals surface area contributed by atoms with Crippen LogP contribution in [0.25, 0.3) is 0 Å². The molecule has 6 heteroatoms. The van der Waals surface area contributed by atoms with Crippen molar-refractivity contribution in [2.75, 3.05) is 46.3 Å². The molecule has 134 valence electrons. The quantitative estimate of drug-likeness (QED) is 0.414. The van der Waals surface area contributed by atoms with Gasteiger partial charge in [-0.3, -0.25) is 14.8 Å². The second kappa shape index (κ2) is 9.58. The minimum atomic E-state index is 0. The highest BCUT2D eigenvalue weighted by Gasteiger charge is 2.27. The summed E-state index contributed by atoms with van der Waals surface area (Å²) in [5.41, 5.74) is 7.44. The van der Waals surface area contributed by atoms with Crippen LogP contribution in [0.5, 0.6) is 0 Å². The maximum Gasteiger partial charge on any atom is 0.191 e. The first kappa shape index (κ1) is 19.5. The number of nitrogens with zero attached hydrogens (tertiary/aromatic N) is 4. The highest BCUT2D eigenvalue weighted by molar-refractivity contribution is 14.0. The minimum absolute atomic E-state index is 0. The van der Waals surface area contributed by atoms with Gasteiger partial charge >= 0.3 is 0 Å². The Morgan fingerprint density at radius 3 is 2.38 bits per heavy atom. The zero-order valence-electron chi connectivity index (χ0n) is 14.6. The molecule has 2 N–H and O–H groups in total. The van der Waals surface area contributed by atoms with E-state index in [-0.39, 0.29) is 24.0 Å². The van der Waals surface area contributed by atoms with E-state index in [1.54, 1.807) is 0 Å². The smallest absolute Gasteiger partial charge is 0.191 e. The molecule has 1 aromatic rings. The van der Waals surface area contributed by atoms with Gasteiger partial charge in [0.15, 0.2) is 5.96 Å². The molecule has 1 aliphatic carbocycles. The van der Waals surface area contributed by atoms with E-state index in [2.05, 4.69) is 57.1 Å². The van der Waals surface area contributed by atoms with Crippen molar-refractivity contribution in [2.24, 2.45) is 10.7 Å². The number of benzene rings is 1. The van der Waals surface area contributed by atoms with E-state index < -0.39 is 0 Å². The molecule has 24 heavy (non-hydrogen) atoms. The second-order valence-corrected chi connectivity index (χ2v) is 6.69. The number of guanidine groups is 1. The number of piperazine rings is 1. The van der Waals surface area contributed by atoms with Gasteiger partial charge in [0, 0.05) is 52.4 Å². The highest BCUT2D eigenvalue weighted by Crippen LogP contribution is 2.24. The highest BCUT2D eigenvalue weighted by atomic mass is 127. The van der Waals surface area contributed by atoms with Crippen LogP contribution in [-0.4, -0.2) is 73.0 Å². The minimum Gasteiger partial charge on any atom is -0.370 e. The summed E-state index contributed by atoms with van der Waals surface area (Å²) < 4.78 is 0. The van der Waals surface area contributed by atoms with Gasteiger partial charge in [-0.25, -0.2) is 0 Å². The van der Waals surface area contributed by atoms with Crippen molar-refractivity contribution in [3.05, 3.63) is 35.9 Å². The number of halogens is 1. The summed E-state index contributed by atoms with van der Waals surface area (Å²) in [4.78, 5) is 11.7. The maximum absolute atomic E-state index is 6.03. The van der Waals surface area contributed by atoms with Gasteiger partial charge in [0.25, 0.3) is 0 Å². The van der Waals surface area contributed by atoms with Crippen LogP contribution < -0.4 is 5.73 Å². The number of rotatable bonds is 6. The normalized spacial score (nSPS) is 19.8. The largest absolute Gasteiger partial charge is 0.370 e. The van der Waals surface area contributed by atoms with Gasteiger partial charge in [-0.05, 0) is 18.4 Å². The van der Waals surface area contributed by atoms with E-state index in [1.807, 2.05) is 0 Å². The number of hydrogen-bond acceptors (Lipinski definition) is 3. The third-order valence-electron chi connectivity index (χ3n) is 4.86. The van der Waals surface area contributed by atoms with Crippen molar-refractivity contribution >= 4 is 29.9 Å². The maximum atomic E-state index is 6.03. The molecule has 2 fully saturated rings. The molecule has 0 unspecified atom stereocenters. The predicted molar refractivity (Wildman–Crippen MR) is 111 cm³/mol. The fourth-order valence-corrected chi connectivity index (χ4v) is 3.08. The Kier molecular flexibility index (Phi) is 7.77. The summed E-state index contributed by atoms with van der Waals surface area (Å²) in [6.07, 6.45) is 2.52. The molecule has 1 heterocycles. The molecule has 1 aliphatic heterocycles. The van der Waals surface area contributed by atoms with E-state index in [1.165, 1.54) is 18.4 Å². The lowest BCUT2D eigenvalue weighted by molar-refractivity contribution is 0.130. The fourth-order valence-electron chi connectivity index (χ4n) is 3.08. The Morgan fingerprint density at radius 1 is 1.12 bits per heavy atom. The van der Waals surface area contributed by atoms with Crippen LogP contribution in [0.2, 0.25) is 0 Å². The van der Waals surface area contributed by atoms with Crippen LogP contribution in [0.4, 0.5) is 0 Å². The number of hydrogen-bond donors (Lipinski definition) is 1.